The van der Waals surface area contributed by atoms with E-state index in [-0.39, 0.29) is 0 Å². The second kappa shape index (κ2) is 9.48. The summed E-state index contributed by atoms with van der Waals surface area (Å²) >= 11 is 7.54. The molecule has 0 saturated carbocycles. The van der Waals surface area contributed by atoms with E-state index in [1.807, 2.05) is 24.3 Å². The number of nitrogens with zero attached hydrogens (tertiary/aromatic N) is 2. The highest BCUT2D eigenvalue weighted by Gasteiger charge is 2.25. The first kappa shape index (κ1) is 20.0. The molecule has 0 bridgehead atoms. The Morgan fingerprint density at radius 1 is 1.11 bits per heavy atom. The first-order chi connectivity index (χ1) is 13.0. The number of hydrogen-bond donors (Lipinski definition) is 0. The minimum absolute atomic E-state index is 0.489. The smallest absolute Gasteiger partial charge is 0.146 e. The van der Waals surface area contributed by atoms with Crippen molar-refractivity contribution in [2.24, 2.45) is 5.92 Å². The Labute approximate surface area is 171 Å². The maximum absolute atomic E-state index is 11.5. The molecule has 0 amide bonds. The highest BCUT2D eigenvalue weighted by molar-refractivity contribution is 7.97. The predicted octanol–water partition coefficient (Wildman–Crippen LogP) is 5.08. The fourth-order valence-corrected chi connectivity index (χ4v) is 4.44. The zero-order chi connectivity index (χ0) is 19.2. The molecule has 0 aliphatic carbocycles. The van der Waals surface area contributed by atoms with Crippen LogP contribution in [-0.2, 0) is 17.8 Å². The zero-order valence-electron chi connectivity index (χ0n) is 15.8. The van der Waals surface area contributed by atoms with E-state index in [9.17, 15) is 4.79 Å². The van der Waals surface area contributed by atoms with Crippen molar-refractivity contribution < 1.29 is 4.79 Å². The quantitative estimate of drug-likeness (QED) is 0.498. The molecule has 5 heteroatoms. The Kier molecular flexibility index (Phi) is 7.03. The predicted molar refractivity (Wildman–Crippen MR) is 113 cm³/mol. The van der Waals surface area contributed by atoms with Gasteiger partial charge >= 0.3 is 0 Å². The number of halogens is 1. The Balaban J connectivity index is 1.58. The molecule has 1 unspecified atom stereocenters. The Bertz CT molecular complexity index is 798. The van der Waals surface area contributed by atoms with E-state index in [0.717, 1.165) is 48.0 Å². The van der Waals surface area contributed by atoms with Crippen LogP contribution >= 0.6 is 23.5 Å². The van der Waals surface area contributed by atoms with Gasteiger partial charge in [-0.1, -0.05) is 35.9 Å². The summed E-state index contributed by atoms with van der Waals surface area (Å²) in [7, 11) is 4.16. The molecular weight excluding hydrogens is 376 g/mol. The average Bonchev–Trinajstić information content (AvgIpc) is 2.66. The highest BCUT2D eigenvalue weighted by atomic mass is 35.5. The van der Waals surface area contributed by atoms with Gasteiger partial charge in [-0.05, 0) is 80.2 Å². The minimum Gasteiger partial charge on any atom is -0.306 e. The summed E-state index contributed by atoms with van der Waals surface area (Å²) in [6.45, 7) is 1.82. The monoisotopic (exact) mass is 400 g/mol. The maximum atomic E-state index is 11.5. The first-order valence-corrected chi connectivity index (χ1v) is 10.4. The van der Waals surface area contributed by atoms with Crippen molar-refractivity contribution in [3.05, 3.63) is 70.4 Å². The largest absolute Gasteiger partial charge is 0.306 e. The lowest BCUT2D eigenvalue weighted by atomic mass is 9.89. The van der Waals surface area contributed by atoms with E-state index in [1.54, 1.807) is 11.9 Å². The summed E-state index contributed by atoms with van der Waals surface area (Å²) in [5.41, 5.74) is 3.42. The summed E-state index contributed by atoms with van der Waals surface area (Å²) in [6, 6.07) is 16.6. The van der Waals surface area contributed by atoms with Crippen LogP contribution in [0.4, 0.5) is 0 Å². The first-order valence-electron chi connectivity index (χ1n) is 9.21. The highest BCUT2D eigenvalue weighted by Crippen LogP contribution is 2.35. The summed E-state index contributed by atoms with van der Waals surface area (Å²) < 4.78 is 2.08. The molecule has 1 fully saturated rings. The zero-order valence-corrected chi connectivity index (χ0v) is 17.4. The van der Waals surface area contributed by atoms with Crippen LogP contribution in [0, 0.1) is 5.92 Å². The summed E-state index contributed by atoms with van der Waals surface area (Å²) in [4.78, 5) is 14.8. The van der Waals surface area contributed by atoms with Crippen molar-refractivity contribution in [1.29, 1.82) is 0 Å². The topological polar surface area (TPSA) is 23.6 Å². The van der Waals surface area contributed by atoms with E-state index in [0.29, 0.717) is 5.92 Å². The SMILES string of the molecule is CN(C)Cc1ccc(CC2CCN(Sc3ccc(Cl)cc3)C(=C=O)C2)cc1. The Hall–Kier alpha value is -1.71. The number of piperidine rings is 1. The number of allylic oxidation sites excluding steroid dienone is 1. The Morgan fingerprint density at radius 3 is 2.41 bits per heavy atom. The lowest BCUT2D eigenvalue weighted by Gasteiger charge is -2.32. The second-order valence-electron chi connectivity index (χ2n) is 7.31. The van der Waals surface area contributed by atoms with E-state index in [4.69, 9.17) is 11.6 Å². The third kappa shape index (κ3) is 5.88. The van der Waals surface area contributed by atoms with Crippen LogP contribution in [0.2, 0.25) is 5.02 Å². The molecule has 2 aromatic carbocycles. The van der Waals surface area contributed by atoms with Gasteiger partial charge in [0.15, 0.2) is 0 Å². The van der Waals surface area contributed by atoms with E-state index in [2.05, 4.69) is 53.5 Å². The molecule has 3 rings (SSSR count). The van der Waals surface area contributed by atoms with Gasteiger partial charge in [-0.3, -0.25) is 0 Å². The molecule has 1 aliphatic rings. The molecule has 27 heavy (non-hydrogen) atoms. The normalized spacial score (nSPS) is 17.3. The van der Waals surface area contributed by atoms with Crippen LogP contribution in [0.3, 0.4) is 0 Å². The molecule has 1 heterocycles. The Morgan fingerprint density at radius 2 is 1.78 bits per heavy atom. The van der Waals surface area contributed by atoms with Gasteiger partial charge < -0.3 is 9.21 Å². The fraction of sp³-hybridized carbons (Fsp3) is 0.364. The van der Waals surface area contributed by atoms with Gasteiger partial charge in [0.25, 0.3) is 0 Å². The van der Waals surface area contributed by atoms with Gasteiger partial charge in [0.1, 0.15) is 11.6 Å². The number of rotatable bonds is 6. The molecule has 1 saturated heterocycles. The van der Waals surface area contributed by atoms with Crippen molar-refractivity contribution in [2.75, 3.05) is 20.6 Å². The third-order valence-corrected chi connectivity index (χ3v) is 6.08. The van der Waals surface area contributed by atoms with Crippen LogP contribution in [0.25, 0.3) is 0 Å². The van der Waals surface area contributed by atoms with Crippen LogP contribution in [0.5, 0.6) is 0 Å². The minimum atomic E-state index is 0.489. The molecule has 0 N–H and O–H groups in total. The molecule has 3 nitrogen and oxygen atoms in total. The fourth-order valence-electron chi connectivity index (χ4n) is 3.38. The molecule has 0 radical (unpaired) electrons. The van der Waals surface area contributed by atoms with Crippen molar-refractivity contribution >= 4 is 29.5 Å². The molecule has 142 valence electrons. The second-order valence-corrected chi connectivity index (χ2v) is 8.84. The molecule has 0 aromatic heterocycles. The summed E-state index contributed by atoms with van der Waals surface area (Å²) in [5.74, 6) is 2.66. The average molecular weight is 401 g/mol. The van der Waals surface area contributed by atoms with Crippen LogP contribution < -0.4 is 0 Å². The van der Waals surface area contributed by atoms with Gasteiger partial charge in [-0.25, -0.2) is 4.79 Å². The maximum Gasteiger partial charge on any atom is 0.146 e. The standard InChI is InChI=1S/C22H25ClN2OS/c1-24(2)15-18-5-3-17(4-6-18)13-19-11-12-25(21(14-19)16-26)27-22-9-7-20(23)8-10-22/h3-10,19H,11-15H2,1-2H3. The molecule has 1 aliphatic heterocycles. The molecular formula is C22H25ClN2OS. The van der Waals surface area contributed by atoms with Gasteiger partial charge in [-0.2, -0.15) is 0 Å². The number of hydrogen-bond acceptors (Lipinski definition) is 4. The summed E-state index contributed by atoms with van der Waals surface area (Å²) in [6.07, 6.45) is 2.86. The number of carbonyl (C=O) groups excluding carboxylic acids is 1. The van der Waals surface area contributed by atoms with Gasteiger partial charge in [-0.15, -0.1) is 0 Å². The van der Waals surface area contributed by atoms with Crippen molar-refractivity contribution in [3.8, 4) is 0 Å². The van der Waals surface area contributed by atoms with Crippen LogP contribution in [0.1, 0.15) is 24.0 Å². The molecule has 0 spiro atoms. The van der Waals surface area contributed by atoms with Crippen molar-refractivity contribution in [3.63, 3.8) is 0 Å². The van der Waals surface area contributed by atoms with Gasteiger partial charge in [0.05, 0.1) is 0 Å². The van der Waals surface area contributed by atoms with Crippen LogP contribution in [-0.4, -0.2) is 35.8 Å². The van der Waals surface area contributed by atoms with E-state index >= 15 is 0 Å². The van der Waals surface area contributed by atoms with E-state index < -0.39 is 0 Å². The third-order valence-electron chi connectivity index (χ3n) is 4.72. The van der Waals surface area contributed by atoms with Crippen molar-refractivity contribution in [1.82, 2.24) is 9.21 Å². The molecule has 2 aromatic rings. The summed E-state index contributed by atoms with van der Waals surface area (Å²) in [5, 5.41) is 0.723. The van der Waals surface area contributed by atoms with Gasteiger partial charge in [0, 0.05) is 29.4 Å². The molecule has 1 atom stereocenters. The lowest BCUT2D eigenvalue weighted by molar-refractivity contribution is 0.346. The van der Waals surface area contributed by atoms with Crippen LogP contribution in [0.15, 0.2) is 59.1 Å². The van der Waals surface area contributed by atoms with E-state index in [1.165, 1.54) is 11.1 Å². The van der Waals surface area contributed by atoms with Crippen molar-refractivity contribution in [2.45, 2.75) is 30.7 Å². The number of benzene rings is 2. The lowest BCUT2D eigenvalue weighted by Crippen LogP contribution is -2.28. The van der Waals surface area contributed by atoms with Gasteiger partial charge in [0.2, 0.25) is 0 Å².